The van der Waals surface area contributed by atoms with Crippen molar-refractivity contribution in [3.63, 3.8) is 0 Å². The molecule has 230 valence electrons. The highest BCUT2D eigenvalue weighted by Crippen LogP contribution is 2.58. The second-order valence-electron chi connectivity index (χ2n) is 9.91. The summed E-state index contributed by atoms with van der Waals surface area (Å²) < 4.78 is 116. The molecular formula is C23H23F6N4O8P. The van der Waals surface area contributed by atoms with Crippen molar-refractivity contribution in [3.05, 3.63) is 57.5 Å². The molecule has 1 unspecified atom stereocenters. The van der Waals surface area contributed by atoms with Crippen molar-refractivity contribution in [2.24, 2.45) is 0 Å². The van der Waals surface area contributed by atoms with Gasteiger partial charge in [-0.2, -0.15) is 31.3 Å². The highest BCUT2D eigenvalue weighted by molar-refractivity contribution is 7.48. The number of hydrogen-bond acceptors (Lipinski definition) is 10. The number of hydrogen-bond donors (Lipinski definition) is 4. The number of halogens is 6. The molecule has 0 amide bonds. The molecule has 0 aliphatic carbocycles. The third-order valence-electron chi connectivity index (χ3n) is 6.87. The largest absolute Gasteiger partial charge is 0.475 e. The predicted octanol–water partition coefficient (Wildman–Crippen LogP) is 3.66. The van der Waals surface area contributed by atoms with E-state index >= 15 is 0 Å². The molecule has 4 heterocycles. The third-order valence-corrected chi connectivity index (χ3v) is 8.35. The molecule has 1 aromatic carbocycles. The number of nitrogens with one attached hydrogen (secondary N) is 1. The Balaban J connectivity index is 1.35. The van der Waals surface area contributed by atoms with E-state index in [0.717, 1.165) is 0 Å². The molecule has 0 radical (unpaired) electrons. The molecule has 2 aromatic heterocycles. The van der Waals surface area contributed by atoms with Gasteiger partial charge in [0, 0.05) is 12.6 Å². The summed E-state index contributed by atoms with van der Waals surface area (Å²) in [6.45, 7) is 0.0524. The number of rotatable bonds is 5. The van der Waals surface area contributed by atoms with E-state index in [9.17, 15) is 45.9 Å². The van der Waals surface area contributed by atoms with Crippen molar-refractivity contribution in [2.45, 2.75) is 55.8 Å². The highest BCUT2D eigenvalue weighted by Gasteiger charge is 2.54. The van der Waals surface area contributed by atoms with Gasteiger partial charge in [-0.15, -0.1) is 0 Å². The second-order valence-corrected chi connectivity index (χ2v) is 11.5. The maximum absolute atomic E-state index is 13.3. The standard InChI is InChI=1S/C23H23F6N4O8P/c1-21(36)16(34)15(40-19(21)33-4-2-13-17(33)31-20(30)32-18(13)35)9-39-42(37)38-5-3-14(41-42)10-6-11(22(24,25)26)8-12(7-10)23(27,28)29/h2,4,6-8,14-16,19,34,36H,3,5,9H2,1H3,(H3,30,31,32,35)/t14-,15-,16-,19-,21-,42?/m1/s1. The summed E-state index contributed by atoms with van der Waals surface area (Å²) in [5.74, 6) is -0.229. The van der Waals surface area contributed by atoms with Crippen LogP contribution < -0.4 is 11.3 Å². The van der Waals surface area contributed by atoms with Crippen LogP contribution in [0.25, 0.3) is 11.0 Å². The maximum atomic E-state index is 13.3. The van der Waals surface area contributed by atoms with Crippen LogP contribution in [0.5, 0.6) is 0 Å². The average Bonchev–Trinajstić information content (AvgIpc) is 3.39. The molecule has 2 saturated heterocycles. The Kier molecular flexibility index (Phi) is 7.49. The second kappa shape index (κ2) is 10.3. The fraction of sp³-hybridized carbons (Fsp3) is 0.478. The van der Waals surface area contributed by atoms with Crippen LogP contribution in [0.2, 0.25) is 0 Å². The molecule has 3 aromatic rings. The number of nitrogen functional groups attached to an aromatic ring is 1. The smallest absolute Gasteiger partial charge is 0.387 e. The van der Waals surface area contributed by atoms with Gasteiger partial charge < -0.3 is 25.3 Å². The number of nitrogens with two attached hydrogens (primary N) is 1. The molecule has 2 fully saturated rings. The van der Waals surface area contributed by atoms with Gasteiger partial charge >= 0.3 is 20.2 Å². The number of aliphatic hydroxyl groups excluding tert-OH is 1. The van der Waals surface area contributed by atoms with E-state index < -0.39 is 85.8 Å². The van der Waals surface area contributed by atoms with Gasteiger partial charge in [-0.25, -0.2) is 4.57 Å². The van der Waals surface area contributed by atoms with Crippen molar-refractivity contribution in [2.75, 3.05) is 18.9 Å². The van der Waals surface area contributed by atoms with Crippen LogP contribution in [-0.4, -0.2) is 55.8 Å². The Labute approximate surface area is 231 Å². The number of nitrogens with zero attached hydrogens (tertiary/aromatic N) is 2. The molecule has 0 spiro atoms. The van der Waals surface area contributed by atoms with Gasteiger partial charge in [0.05, 0.1) is 35.8 Å². The van der Waals surface area contributed by atoms with Crippen LogP contribution >= 0.6 is 7.82 Å². The van der Waals surface area contributed by atoms with E-state index in [1.54, 1.807) is 0 Å². The summed E-state index contributed by atoms with van der Waals surface area (Å²) in [6.07, 6.45) is -15.1. The van der Waals surface area contributed by atoms with Crippen molar-refractivity contribution < 1.29 is 59.4 Å². The summed E-state index contributed by atoms with van der Waals surface area (Å²) in [5.41, 5.74) is -0.687. The molecule has 42 heavy (non-hydrogen) atoms. The van der Waals surface area contributed by atoms with E-state index in [2.05, 4.69) is 9.97 Å². The number of aromatic amines is 1. The van der Waals surface area contributed by atoms with E-state index in [1.165, 1.54) is 23.8 Å². The minimum Gasteiger partial charge on any atom is -0.387 e. The van der Waals surface area contributed by atoms with E-state index in [-0.39, 0.29) is 29.5 Å². The summed E-state index contributed by atoms with van der Waals surface area (Å²) in [6, 6.07) is 2.23. The maximum Gasteiger partial charge on any atom is 0.475 e. The minimum absolute atomic E-state index is 0.0178. The van der Waals surface area contributed by atoms with E-state index in [4.69, 9.17) is 24.0 Å². The zero-order valence-electron chi connectivity index (χ0n) is 21.3. The number of fused-ring (bicyclic) bond motifs is 1. The Bertz CT molecular complexity index is 1570. The SMILES string of the molecule is C[C@@]1(O)[C@H](O)[C@@H](COP2(=O)OCC[C@H](c3cc(C(F)(F)F)cc(C(F)(F)F)c3)O2)O[C@H]1n1ccc2c(=O)[nH]c(N)nc21. The van der Waals surface area contributed by atoms with Crippen LogP contribution in [-0.2, 0) is 35.2 Å². The Morgan fingerprint density at radius 2 is 1.86 bits per heavy atom. The Morgan fingerprint density at radius 3 is 2.48 bits per heavy atom. The average molecular weight is 628 g/mol. The van der Waals surface area contributed by atoms with E-state index in [0.29, 0.717) is 12.1 Å². The topological polar surface area (TPSA) is 171 Å². The zero-order chi connectivity index (χ0) is 30.8. The molecule has 19 heteroatoms. The molecule has 0 bridgehead atoms. The van der Waals surface area contributed by atoms with Crippen LogP contribution in [0.1, 0.15) is 42.4 Å². The van der Waals surface area contributed by atoms with Crippen LogP contribution in [0.15, 0.2) is 35.3 Å². The van der Waals surface area contributed by atoms with Crippen LogP contribution in [0.4, 0.5) is 32.3 Å². The summed E-state index contributed by atoms with van der Waals surface area (Å²) in [7, 11) is -4.62. The first kappa shape index (κ1) is 30.5. The first-order chi connectivity index (χ1) is 19.4. The molecular weight excluding hydrogens is 605 g/mol. The van der Waals surface area contributed by atoms with Gasteiger partial charge in [-0.3, -0.25) is 23.3 Å². The molecule has 6 atom stereocenters. The van der Waals surface area contributed by atoms with Gasteiger partial charge in [0.25, 0.3) is 5.56 Å². The zero-order valence-corrected chi connectivity index (χ0v) is 22.2. The molecule has 12 nitrogen and oxygen atoms in total. The number of phosphoric ester groups is 1. The highest BCUT2D eigenvalue weighted by atomic mass is 31.2. The summed E-state index contributed by atoms with van der Waals surface area (Å²) in [4.78, 5) is 18.5. The number of H-pyrrole nitrogens is 1. The van der Waals surface area contributed by atoms with Gasteiger partial charge in [0.15, 0.2) is 11.9 Å². The minimum atomic E-state index is -5.11. The van der Waals surface area contributed by atoms with Gasteiger partial charge in [-0.05, 0) is 36.8 Å². The lowest BCUT2D eigenvalue weighted by Crippen LogP contribution is -2.44. The number of aliphatic hydroxyl groups is 2. The third kappa shape index (κ3) is 5.67. The predicted molar refractivity (Wildman–Crippen MR) is 130 cm³/mol. The van der Waals surface area contributed by atoms with Gasteiger partial charge in [0.2, 0.25) is 5.95 Å². The Morgan fingerprint density at radius 1 is 1.21 bits per heavy atom. The molecule has 2 aliphatic rings. The number of phosphoric acid groups is 1. The van der Waals surface area contributed by atoms with Gasteiger partial charge in [0.1, 0.15) is 17.8 Å². The molecule has 0 saturated carbocycles. The number of ether oxygens (including phenoxy) is 1. The first-order valence-corrected chi connectivity index (χ1v) is 13.6. The molecule has 5 rings (SSSR count). The summed E-state index contributed by atoms with van der Waals surface area (Å²) >= 11 is 0. The number of benzene rings is 1. The lowest BCUT2D eigenvalue weighted by Gasteiger charge is -2.30. The number of alkyl halides is 6. The fourth-order valence-electron chi connectivity index (χ4n) is 4.76. The van der Waals surface area contributed by atoms with Crippen molar-refractivity contribution in [1.29, 1.82) is 0 Å². The van der Waals surface area contributed by atoms with Crippen molar-refractivity contribution >= 4 is 24.8 Å². The van der Waals surface area contributed by atoms with Gasteiger partial charge in [-0.1, -0.05) is 0 Å². The lowest BCUT2D eigenvalue weighted by atomic mass is 9.96. The Hall–Kier alpha value is -2.99. The van der Waals surface area contributed by atoms with E-state index in [1.807, 2.05) is 0 Å². The normalized spacial score (nSPS) is 30.7. The van der Waals surface area contributed by atoms with Crippen LogP contribution in [0.3, 0.4) is 0 Å². The number of aromatic nitrogens is 3. The summed E-state index contributed by atoms with van der Waals surface area (Å²) in [5, 5.41) is 21.9. The quantitative estimate of drug-likeness (QED) is 0.242. The molecule has 5 N–H and O–H groups in total. The monoisotopic (exact) mass is 628 g/mol. The number of anilines is 1. The lowest BCUT2D eigenvalue weighted by molar-refractivity contribution is -0.143. The van der Waals surface area contributed by atoms with Crippen LogP contribution in [0, 0.1) is 0 Å². The van der Waals surface area contributed by atoms with Crippen molar-refractivity contribution in [1.82, 2.24) is 14.5 Å². The molecule has 2 aliphatic heterocycles. The van der Waals surface area contributed by atoms with Crippen molar-refractivity contribution in [3.8, 4) is 0 Å². The first-order valence-electron chi connectivity index (χ1n) is 12.2. The fourth-order valence-corrected chi connectivity index (χ4v) is 6.16.